The second kappa shape index (κ2) is 7.44. The number of carbonyl (C=O) groups is 1. The minimum atomic E-state index is -0.0797. The van der Waals surface area contributed by atoms with Crippen LogP contribution in [0.5, 0.6) is 0 Å². The van der Waals surface area contributed by atoms with Gasteiger partial charge < -0.3 is 10.5 Å². The van der Waals surface area contributed by atoms with Gasteiger partial charge in [-0.2, -0.15) is 0 Å². The molecule has 0 amide bonds. The molecule has 110 valence electrons. The van der Waals surface area contributed by atoms with Crippen LogP contribution in [0.15, 0.2) is 18.2 Å². The first-order chi connectivity index (χ1) is 9.69. The number of esters is 1. The lowest BCUT2D eigenvalue weighted by atomic mass is 9.87. The van der Waals surface area contributed by atoms with Gasteiger partial charge in [0, 0.05) is 12.5 Å². The smallest absolute Gasteiger partial charge is 0.305 e. The standard InChI is InChI=1S/C17H25NO2/c1-2-20-17(19)6-4-3-5-13-7-8-14-9-10-16(18)12-15(14)11-13/h7-8,11,16H,2-6,9-10,12,18H2,1H3/t16-/m0/s1. The molecule has 0 radical (unpaired) electrons. The van der Waals surface area contributed by atoms with Gasteiger partial charge >= 0.3 is 5.97 Å². The molecule has 0 aliphatic heterocycles. The molecule has 0 unspecified atom stereocenters. The van der Waals surface area contributed by atoms with Gasteiger partial charge in [0.1, 0.15) is 0 Å². The van der Waals surface area contributed by atoms with Gasteiger partial charge in [-0.05, 0) is 62.1 Å². The molecule has 0 aromatic heterocycles. The summed E-state index contributed by atoms with van der Waals surface area (Å²) in [6.45, 7) is 2.32. The lowest BCUT2D eigenvalue weighted by Gasteiger charge is -2.22. The summed E-state index contributed by atoms with van der Waals surface area (Å²) in [4.78, 5) is 11.2. The number of hydrogen-bond donors (Lipinski definition) is 1. The van der Waals surface area contributed by atoms with Crippen molar-refractivity contribution < 1.29 is 9.53 Å². The maximum absolute atomic E-state index is 11.2. The van der Waals surface area contributed by atoms with Crippen molar-refractivity contribution in [1.82, 2.24) is 0 Å². The van der Waals surface area contributed by atoms with Crippen LogP contribution in [0.25, 0.3) is 0 Å². The molecule has 2 N–H and O–H groups in total. The molecule has 0 heterocycles. The van der Waals surface area contributed by atoms with E-state index in [1.165, 1.54) is 16.7 Å². The largest absolute Gasteiger partial charge is 0.466 e. The van der Waals surface area contributed by atoms with Crippen LogP contribution in [0.1, 0.15) is 49.3 Å². The third-order valence-corrected chi connectivity index (χ3v) is 3.94. The summed E-state index contributed by atoms with van der Waals surface area (Å²) in [5.74, 6) is -0.0797. The number of carbonyl (C=O) groups excluding carboxylic acids is 1. The highest BCUT2D eigenvalue weighted by atomic mass is 16.5. The summed E-state index contributed by atoms with van der Waals surface area (Å²) in [6, 6.07) is 7.10. The average molecular weight is 275 g/mol. The molecule has 1 atom stereocenters. The van der Waals surface area contributed by atoms with Gasteiger partial charge in [-0.15, -0.1) is 0 Å². The highest BCUT2D eigenvalue weighted by molar-refractivity contribution is 5.69. The second-order valence-corrected chi connectivity index (χ2v) is 5.62. The van der Waals surface area contributed by atoms with Crippen LogP contribution in [0.3, 0.4) is 0 Å². The topological polar surface area (TPSA) is 52.3 Å². The van der Waals surface area contributed by atoms with Crippen molar-refractivity contribution in [3.63, 3.8) is 0 Å². The quantitative estimate of drug-likeness (QED) is 0.641. The Kier molecular flexibility index (Phi) is 5.60. The minimum absolute atomic E-state index is 0.0797. The number of aryl methyl sites for hydroxylation is 2. The van der Waals surface area contributed by atoms with E-state index in [4.69, 9.17) is 10.5 Å². The number of hydrogen-bond acceptors (Lipinski definition) is 3. The molecule has 0 saturated heterocycles. The molecule has 2 rings (SSSR count). The van der Waals surface area contributed by atoms with E-state index in [2.05, 4.69) is 18.2 Å². The fourth-order valence-electron chi connectivity index (χ4n) is 2.83. The molecule has 1 aliphatic rings. The van der Waals surface area contributed by atoms with Crippen LogP contribution in [-0.2, 0) is 28.8 Å². The van der Waals surface area contributed by atoms with Gasteiger partial charge in [-0.25, -0.2) is 0 Å². The highest BCUT2D eigenvalue weighted by Gasteiger charge is 2.15. The molecule has 3 nitrogen and oxygen atoms in total. The summed E-state index contributed by atoms with van der Waals surface area (Å²) in [5.41, 5.74) is 10.3. The van der Waals surface area contributed by atoms with Crippen LogP contribution in [0.4, 0.5) is 0 Å². The van der Waals surface area contributed by atoms with E-state index in [9.17, 15) is 4.79 Å². The van der Waals surface area contributed by atoms with Crippen molar-refractivity contribution in [2.24, 2.45) is 5.73 Å². The van der Waals surface area contributed by atoms with Gasteiger partial charge in [0.2, 0.25) is 0 Å². The van der Waals surface area contributed by atoms with E-state index < -0.39 is 0 Å². The normalized spacial score (nSPS) is 17.6. The first-order valence-electron chi connectivity index (χ1n) is 7.71. The number of nitrogens with two attached hydrogens (primary N) is 1. The molecule has 0 fully saturated rings. The van der Waals surface area contributed by atoms with E-state index in [1.54, 1.807) is 0 Å². The summed E-state index contributed by atoms with van der Waals surface area (Å²) in [7, 11) is 0. The molecule has 3 heteroatoms. The summed E-state index contributed by atoms with van der Waals surface area (Å²) in [5, 5.41) is 0. The predicted octanol–water partition coefficient (Wildman–Crippen LogP) is 2.78. The molecule has 0 bridgehead atoms. The van der Waals surface area contributed by atoms with Crippen LogP contribution < -0.4 is 5.73 Å². The Balaban J connectivity index is 1.79. The Hall–Kier alpha value is -1.35. The average Bonchev–Trinajstić information content (AvgIpc) is 2.43. The minimum Gasteiger partial charge on any atom is -0.466 e. The lowest BCUT2D eigenvalue weighted by Crippen LogP contribution is -2.27. The van der Waals surface area contributed by atoms with Gasteiger partial charge in [0.05, 0.1) is 6.61 Å². The first kappa shape index (κ1) is 15.0. The molecule has 1 aromatic rings. The van der Waals surface area contributed by atoms with E-state index in [1.807, 2.05) is 6.92 Å². The van der Waals surface area contributed by atoms with Crippen molar-refractivity contribution in [2.75, 3.05) is 6.61 Å². The molecular formula is C17H25NO2. The van der Waals surface area contributed by atoms with Crippen LogP contribution in [0, 0.1) is 0 Å². The maximum atomic E-state index is 11.2. The van der Waals surface area contributed by atoms with Crippen LogP contribution in [0.2, 0.25) is 0 Å². The molecule has 20 heavy (non-hydrogen) atoms. The number of fused-ring (bicyclic) bond motifs is 1. The van der Waals surface area contributed by atoms with Crippen molar-refractivity contribution in [1.29, 1.82) is 0 Å². The monoisotopic (exact) mass is 275 g/mol. The van der Waals surface area contributed by atoms with Crippen molar-refractivity contribution in [2.45, 2.75) is 57.9 Å². The summed E-state index contributed by atoms with van der Waals surface area (Å²) >= 11 is 0. The Labute approximate surface area is 121 Å². The highest BCUT2D eigenvalue weighted by Crippen LogP contribution is 2.22. The molecule has 1 aromatic carbocycles. The van der Waals surface area contributed by atoms with E-state index >= 15 is 0 Å². The second-order valence-electron chi connectivity index (χ2n) is 5.62. The zero-order valence-corrected chi connectivity index (χ0v) is 12.4. The van der Waals surface area contributed by atoms with Crippen molar-refractivity contribution in [3.05, 3.63) is 34.9 Å². The molecule has 1 aliphatic carbocycles. The van der Waals surface area contributed by atoms with E-state index in [0.29, 0.717) is 19.1 Å². The molecule has 0 spiro atoms. The van der Waals surface area contributed by atoms with Crippen LogP contribution >= 0.6 is 0 Å². The Morgan fingerprint density at radius 1 is 1.35 bits per heavy atom. The van der Waals surface area contributed by atoms with E-state index in [-0.39, 0.29) is 5.97 Å². The van der Waals surface area contributed by atoms with Crippen LogP contribution in [-0.4, -0.2) is 18.6 Å². The SMILES string of the molecule is CCOC(=O)CCCCc1ccc2c(c1)C[C@@H](N)CC2. The predicted molar refractivity (Wildman–Crippen MR) is 80.6 cm³/mol. The third kappa shape index (κ3) is 4.34. The van der Waals surface area contributed by atoms with Crippen molar-refractivity contribution >= 4 is 5.97 Å². The lowest BCUT2D eigenvalue weighted by molar-refractivity contribution is -0.143. The number of rotatable bonds is 6. The van der Waals surface area contributed by atoms with Crippen molar-refractivity contribution in [3.8, 4) is 0 Å². The Morgan fingerprint density at radius 3 is 3.00 bits per heavy atom. The number of benzene rings is 1. The fraction of sp³-hybridized carbons (Fsp3) is 0.588. The summed E-state index contributed by atoms with van der Waals surface area (Å²) < 4.78 is 4.93. The number of ether oxygens (including phenoxy) is 1. The van der Waals surface area contributed by atoms with Gasteiger partial charge in [-0.3, -0.25) is 4.79 Å². The maximum Gasteiger partial charge on any atom is 0.305 e. The van der Waals surface area contributed by atoms with E-state index in [0.717, 1.165) is 38.5 Å². The molecular weight excluding hydrogens is 250 g/mol. The zero-order valence-electron chi connectivity index (χ0n) is 12.4. The number of unbranched alkanes of at least 4 members (excludes halogenated alkanes) is 1. The van der Waals surface area contributed by atoms with Gasteiger partial charge in [0.15, 0.2) is 0 Å². The zero-order chi connectivity index (χ0) is 14.4. The fourth-order valence-corrected chi connectivity index (χ4v) is 2.83. The van der Waals surface area contributed by atoms with Gasteiger partial charge in [0.25, 0.3) is 0 Å². The third-order valence-electron chi connectivity index (χ3n) is 3.94. The Morgan fingerprint density at radius 2 is 2.20 bits per heavy atom. The Bertz CT molecular complexity index is 456. The summed E-state index contributed by atoms with van der Waals surface area (Å²) in [6.07, 6.45) is 6.71. The van der Waals surface area contributed by atoms with Gasteiger partial charge in [-0.1, -0.05) is 18.2 Å². The molecule has 0 saturated carbocycles. The first-order valence-corrected chi connectivity index (χ1v) is 7.71.